The van der Waals surface area contributed by atoms with Gasteiger partial charge in [-0.3, -0.25) is 0 Å². The first-order chi connectivity index (χ1) is 16.3. The molecule has 0 amide bonds. The van der Waals surface area contributed by atoms with Crippen LogP contribution in [0.5, 0.6) is 0 Å². The third kappa shape index (κ3) is 17.1. The molecule has 0 aliphatic rings. The van der Waals surface area contributed by atoms with Gasteiger partial charge in [0.1, 0.15) is 24.8 Å². The number of unbranched alkanes of at least 4 members (excludes halogenated alkanes) is 10. The maximum atomic E-state index is 5.82. The molecule has 0 unspecified atom stereocenters. The van der Waals surface area contributed by atoms with Gasteiger partial charge in [0.25, 0.3) is 0 Å². The normalized spacial score (nSPS) is 10.8. The van der Waals surface area contributed by atoms with Crippen LogP contribution in [0, 0.1) is 0 Å². The molecule has 0 spiro atoms. The number of hydrogen-bond acceptors (Lipinski definition) is 2. The van der Waals surface area contributed by atoms with Gasteiger partial charge in [-0.2, -0.15) is 0 Å². The minimum Gasteiger partial charge on any atom is -1.00 e. The van der Waals surface area contributed by atoms with E-state index in [1.165, 1.54) is 64.2 Å². The van der Waals surface area contributed by atoms with Crippen LogP contribution in [0.15, 0.2) is 37.4 Å². The molecule has 0 aromatic carbocycles. The van der Waals surface area contributed by atoms with Gasteiger partial charge in [0.15, 0.2) is 13.5 Å². The van der Waals surface area contributed by atoms with Crippen molar-refractivity contribution in [3.63, 3.8) is 0 Å². The van der Waals surface area contributed by atoms with Crippen LogP contribution in [0.25, 0.3) is 0 Å². The van der Waals surface area contributed by atoms with Gasteiger partial charge in [-0.05, 0) is 44.9 Å². The average molecular weight is 534 g/mol. The highest BCUT2D eigenvalue weighted by molar-refractivity contribution is 4.66. The summed E-state index contributed by atoms with van der Waals surface area (Å²) in [5, 5.41) is 0. The molecule has 6 nitrogen and oxygen atoms in total. The fraction of sp³-hybridized carbons (Fsp3) is 0.778. The lowest BCUT2D eigenvalue weighted by Crippen LogP contribution is -3.00. The van der Waals surface area contributed by atoms with E-state index in [9.17, 15) is 0 Å². The first kappa shape index (κ1) is 33.9. The first-order valence-electron chi connectivity index (χ1n) is 13.6. The summed E-state index contributed by atoms with van der Waals surface area (Å²) in [6, 6.07) is 0. The minimum atomic E-state index is 0. The van der Waals surface area contributed by atoms with Crippen LogP contribution in [0.3, 0.4) is 0 Å². The van der Waals surface area contributed by atoms with Crippen molar-refractivity contribution in [1.82, 2.24) is 9.13 Å². The molecule has 0 aliphatic heterocycles. The molecule has 2 heterocycles. The zero-order chi connectivity index (χ0) is 23.4. The number of nitrogens with zero attached hydrogens (tertiary/aromatic N) is 4. The highest BCUT2D eigenvalue weighted by Gasteiger charge is 2.05. The van der Waals surface area contributed by atoms with Gasteiger partial charge < -0.3 is 34.3 Å². The Morgan fingerprint density at radius 2 is 0.943 bits per heavy atom. The van der Waals surface area contributed by atoms with E-state index in [4.69, 9.17) is 9.47 Å². The van der Waals surface area contributed by atoms with Gasteiger partial charge >= 0.3 is 0 Å². The molecule has 0 radical (unpaired) electrons. The maximum absolute atomic E-state index is 5.82. The van der Waals surface area contributed by atoms with Crippen LogP contribution < -0.4 is 33.9 Å². The van der Waals surface area contributed by atoms with Gasteiger partial charge in [-0.15, -0.1) is 0 Å². The summed E-state index contributed by atoms with van der Waals surface area (Å²) in [4.78, 5) is 0. The van der Waals surface area contributed by atoms with Crippen molar-refractivity contribution in [3.8, 4) is 0 Å². The van der Waals surface area contributed by atoms with E-state index in [0.717, 1.165) is 45.6 Å². The molecular formula is C27H50Cl2N4O2. The Kier molecular flexibility index (Phi) is 22.6. The highest BCUT2D eigenvalue weighted by Crippen LogP contribution is 2.05. The quantitative estimate of drug-likeness (QED) is 0.153. The second kappa shape index (κ2) is 23.3. The SMILES string of the molecule is CCCCCCCn1cc[n+](COCCCCCOC[n+]2ccn(CCCCCCC)c2)c1.[Cl-].[Cl-]. The van der Waals surface area contributed by atoms with Crippen LogP contribution in [-0.2, 0) is 36.0 Å². The predicted octanol–water partition coefficient (Wildman–Crippen LogP) is -0.368. The molecule has 204 valence electrons. The molecule has 0 atom stereocenters. The van der Waals surface area contributed by atoms with Crippen LogP contribution in [0.4, 0.5) is 0 Å². The van der Waals surface area contributed by atoms with E-state index in [2.05, 4.69) is 69.6 Å². The Hall–Kier alpha value is -1.08. The highest BCUT2D eigenvalue weighted by atomic mass is 35.5. The second-order valence-corrected chi connectivity index (χ2v) is 9.30. The summed E-state index contributed by atoms with van der Waals surface area (Å²) in [5.74, 6) is 0. The Morgan fingerprint density at radius 1 is 0.543 bits per heavy atom. The van der Waals surface area contributed by atoms with E-state index in [-0.39, 0.29) is 24.8 Å². The number of rotatable bonds is 22. The number of aryl methyl sites for hydroxylation is 2. The van der Waals surface area contributed by atoms with Crippen LogP contribution in [-0.4, -0.2) is 22.3 Å². The third-order valence-corrected chi connectivity index (χ3v) is 6.09. The number of imidazole rings is 2. The van der Waals surface area contributed by atoms with Crippen molar-refractivity contribution >= 4 is 0 Å². The summed E-state index contributed by atoms with van der Waals surface area (Å²) in [5.41, 5.74) is 0. The van der Waals surface area contributed by atoms with Gasteiger partial charge in [-0.1, -0.05) is 52.4 Å². The Morgan fingerprint density at radius 3 is 1.37 bits per heavy atom. The number of aromatic nitrogens is 4. The number of hydrogen-bond donors (Lipinski definition) is 0. The molecule has 8 heteroatoms. The molecule has 0 saturated heterocycles. The fourth-order valence-electron chi connectivity index (χ4n) is 4.02. The number of ether oxygens (including phenoxy) is 2. The van der Waals surface area contributed by atoms with Gasteiger partial charge in [0.2, 0.25) is 12.7 Å². The maximum Gasteiger partial charge on any atom is 0.245 e. The van der Waals surface area contributed by atoms with Crippen molar-refractivity contribution in [2.24, 2.45) is 0 Å². The van der Waals surface area contributed by atoms with E-state index in [1.807, 2.05) is 0 Å². The molecule has 0 N–H and O–H groups in total. The van der Waals surface area contributed by atoms with Crippen molar-refractivity contribution in [3.05, 3.63) is 37.4 Å². The monoisotopic (exact) mass is 532 g/mol. The molecule has 0 saturated carbocycles. The lowest BCUT2D eigenvalue weighted by atomic mass is 10.1. The Bertz CT molecular complexity index is 651. The van der Waals surface area contributed by atoms with E-state index >= 15 is 0 Å². The lowest BCUT2D eigenvalue weighted by Gasteiger charge is -2.03. The van der Waals surface area contributed by atoms with Crippen molar-refractivity contribution in [1.29, 1.82) is 0 Å². The first-order valence-corrected chi connectivity index (χ1v) is 13.6. The largest absolute Gasteiger partial charge is 1.00 e. The fourth-order valence-corrected chi connectivity index (χ4v) is 4.02. The summed E-state index contributed by atoms with van der Waals surface area (Å²) >= 11 is 0. The van der Waals surface area contributed by atoms with Crippen LogP contribution in [0.2, 0.25) is 0 Å². The molecule has 2 aromatic heterocycles. The smallest absolute Gasteiger partial charge is 0.245 e. The van der Waals surface area contributed by atoms with E-state index in [1.54, 1.807) is 0 Å². The third-order valence-electron chi connectivity index (χ3n) is 6.09. The molecular weight excluding hydrogens is 483 g/mol. The van der Waals surface area contributed by atoms with E-state index in [0.29, 0.717) is 13.5 Å². The lowest BCUT2D eigenvalue weighted by molar-refractivity contribution is -0.732. The van der Waals surface area contributed by atoms with E-state index < -0.39 is 0 Å². The van der Waals surface area contributed by atoms with Crippen LogP contribution >= 0.6 is 0 Å². The zero-order valence-corrected chi connectivity index (χ0v) is 23.8. The van der Waals surface area contributed by atoms with Gasteiger partial charge in [-0.25, -0.2) is 18.3 Å². The zero-order valence-electron chi connectivity index (χ0n) is 22.3. The molecule has 0 aliphatic carbocycles. The predicted molar refractivity (Wildman–Crippen MR) is 133 cm³/mol. The molecule has 35 heavy (non-hydrogen) atoms. The summed E-state index contributed by atoms with van der Waals surface area (Å²) in [7, 11) is 0. The standard InChI is InChI=1S/C27H50N4O2.2ClH/c1-3-5-7-9-12-16-28-18-20-30(24-28)26-32-22-14-11-15-23-33-27-31-21-19-29(25-31)17-13-10-8-6-4-2;;/h18-21,24-25H,3-17,22-23,26-27H2,1-2H3;2*1H/q+2;;/p-2. The summed E-state index contributed by atoms with van der Waals surface area (Å²) < 4.78 is 20.4. The van der Waals surface area contributed by atoms with Crippen LogP contribution in [0.1, 0.15) is 97.3 Å². The average Bonchev–Trinajstić information content (AvgIpc) is 3.47. The number of halogens is 2. The summed E-state index contributed by atoms with van der Waals surface area (Å²) in [6.07, 6.45) is 29.4. The Balaban J connectivity index is 0.00000578. The molecule has 0 fully saturated rings. The molecule has 2 rings (SSSR count). The summed E-state index contributed by atoms with van der Waals surface area (Å²) in [6.45, 7) is 9.65. The van der Waals surface area contributed by atoms with Gasteiger partial charge in [0.05, 0.1) is 26.3 Å². The van der Waals surface area contributed by atoms with Crippen molar-refractivity contribution < 1.29 is 43.4 Å². The molecule has 2 aromatic rings. The topological polar surface area (TPSA) is 36.1 Å². The second-order valence-electron chi connectivity index (χ2n) is 9.30. The molecule has 0 bridgehead atoms. The van der Waals surface area contributed by atoms with Gasteiger partial charge in [0, 0.05) is 0 Å². The minimum absolute atomic E-state index is 0. The van der Waals surface area contributed by atoms with Crippen molar-refractivity contribution in [2.75, 3.05) is 13.2 Å². The van der Waals surface area contributed by atoms with Crippen molar-refractivity contribution in [2.45, 2.75) is 124 Å². The Labute approximate surface area is 226 Å².